The van der Waals surface area contributed by atoms with Gasteiger partial charge >= 0.3 is 5.97 Å². The van der Waals surface area contributed by atoms with Crippen LogP contribution in [0.15, 0.2) is 71.3 Å². The molecule has 12 heteroatoms. The topological polar surface area (TPSA) is 182 Å². The van der Waals surface area contributed by atoms with Gasteiger partial charge in [0.2, 0.25) is 21.7 Å². The van der Waals surface area contributed by atoms with Crippen LogP contribution in [0.2, 0.25) is 0 Å². The van der Waals surface area contributed by atoms with E-state index in [0.29, 0.717) is 0 Å². The third kappa shape index (κ3) is 6.44. The Kier molecular flexibility index (Phi) is 8.25. The number of amides is 1. The van der Waals surface area contributed by atoms with Crippen molar-refractivity contribution in [3.8, 4) is 11.1 Å². The van der Waals surface area contributed by atoms with E-state index in [1.54, 1.807) is 12.1 Å². The van der Waals surface area contributed by atoms with Crippen LogP contribution in [0.1, 0.15) is 6.92 Å². The van der Waals surface area contributed by atoms with Gasteiger partial charge in [0.1, 0.15) is 12.2 Å². The summed E-state index contributed by atoms with van der Waals surface area (Å²) in [6, 6.07) is 14.1. The number of aliphatic hydroxyl groups excluding tert-OH is 3. The van der Waals surface area contributed by atoms with Crippen molar-refractivity contribution in [2.75, 3.05) is 6.54 Å². The molecule has 188 valence electrons. The first-order valence-electron chi connectivity index (χ1n) is 10.6. The van der Waals surface area contributed by atoms with Gasteiger partial charge < -0.3 is 30.5 Å². The summed E-state index contributed by atoms with van der Waals surface area (Å²) >= 11 is 0. The highest BCUT2D eigenvalue weighted by Crippen LogP contribution is 2.24. The molecule has 0 saturated carbocycles. The lowest BCUT2D eigenvalue weighted by atomic mass is 9.93. The number of nitrogens with one attached hydrogen (secondary N) is 2. The van der Waals surface area contributed by atoms with E-state index in [1.807, 2.05) is 30.3 Å². The number of rotatable bonds is 9. The lowest BCUT2D eigenvalue weighted by Gasteiger charge is -2.38. The fraction of sp³-hybridized carbons (Fsp3) is 0.304. The normalized spacial score (nSPS) is 21.8. The molecule has 11 nitrogen and oxygen atoms in total. The SMILES string of the molecule is CC(=O)N[C@H]1[C@H]([C@H](O)[C@H](O)CNS(=O)(=O)c2ccc(-c3ccccc3)cc2)OC(C(=O)O)=C[C@@H]1O. The summed E-state index contributed by atoms with van der Waals surface area (Å²) in [7, 11) is -4.07. The number of benzene rings is 2. The number of aliphatic carboxylic acids is 1. The van der Waals surface area contributed by atoms with E-state index in [0.717, 1.165) is 24.1 Å². The van der Waals surface area contributed by atoms with Crippen molar-refractivity contribution < 1.29 is 43.2 Å². The zero-order chi connectivity index (χ0) is 25.8. The average Bonchev–Trinajstić information content (AvgIpc) is 2.83. The fourth-order valence-corrected chi connectivity index (χ4v) is 4.64. The minimum atomic E-state index is -4.07. The zero-order valence-electron chi connectivity index (χ0n) is 18.6. The second-order valence-corrected chi connectivity index (χ2v) is 9.70. The maximum absolute atomic E-state index is 12.7. The molecule has 0 radical (unpaired) electrons. The maximum atomic E-state index is 12.7. The first kappa shape index (κ1) is 26.3. The van der Waals surface area contributed by atoms with E-state index in [4.69, 9.17) is 9.84 Å². The van der Waals surface area contributed by atoms with Crippen molar-refractivity contribution in [3.63, 3.8) is 0 Å². The summed E-state index contributed by atoms with van der Waals surface area (Å²) < 4.78 is 32.7. The molecule has 1 aliphatic heterocycles. The Morgan fingerprint density at radius 3 is 2.20 bits per heavy atom. The Morgan fingerprint density at radius 2 is 1.63 bits per heavy atom. The van der Waals surface area contributed by atoms with Crippen LogP contribution in [0.25, 0.3) is 11.1 Å². The number of hydrogen-bond acceptors (Lipinski definition) is 8. The highest BCUT2D eigenvalue weighted by Gasteiger charge is 2.43. The number of carbonyl (C=O) groups excluding carboxylic acids is 1. The van der Waals surface area contributed by atoms with Gasteiger partial charge in [-0.2, -0.15) is 0 Å². The standard InChI is InChI=1S/C23H26N2O9S/c1-13(26)25-20-17(27)11-19(23(30)31)34-22(20)21(29)18(28)12-24-35(32,33)16-9-7-15(8-10-16)14-5-3-2-4-6-14/h2-11,17-18,20-22,24,27-29H,12H2,1H3,(H,25,26)(H,30,31)/t17-,18+,20+,21+,22+/m0/s1. The summed E-state index contributed by atoms with van der Waals surface area (Å²) in [5.74, 6) is -2.82. The highest BCUT2D eigenvalue weighted by molar-refractivity contribution is 7.89. The smallest absolute Gasteiger partial charge is 0.370 e. The Hall–Kier alpha value is -3.29. The molecule has 1 heterocycles. The van der Waals surface area contributed by atoms with Gasteiger partial charge in [-0.15, -0.1) is 0 Å². The van der Waals surface area contributed by atoms with E-state index in [1.165, 1.54) is 12.1 Å². The summed E-state index contributed by atoms with van der Waals surface area (Å²) in [6.45, 7) is 0.485. The van der Waals surface area contributed by atoms with E-state index in [2.05, 4.69) is 10.0 Å². The van der Waals surface area contributed by atoms with Crippen molar-refractivity contribution in [3.05, 3.63) is 66.4 Å². The molecule has 0 bridgehead atoms. The predicted molar refractivity (Wildman–Crippen MR) is 123 cm³/mol. The molecular weight excluding hydrogens is 480 g/mol. The third-order valence-electron chi connectivity index (χ3n) is 5.37. The van der Waals surface area contributed by atoms with Gasteiger partial charge in [-0.1, -0.05) is 42.5 Å². The van der Waals surface area contributed by atoms with Gasteiger partial charge in [0.25, 0.3) is 0 Å². The molecule has 1 amide bonds. The number of hydrogen-bond donors (Lipinski definition) is 6. The molecule has 3 rings (SSSR count). The molecule has 0 saturated heterocycles. The summed E-state index contributed by atoms with van der Waals surface area (Å²) in [6.07, 6.45) is -5.90. The number of sulfonamides is 1. The molecule has 2 aromatic rings. The van der Waals surface area contributed by atoms with Crippen molar-refractivity contribution >= 4 is 21.9 Å². The van der Waals surface area contributed by atoms with Crippen molar-refractivity contribution in [2.24, 2.45) is 0 Å². The molecule has 2 aromatic carbocycles. The molecule has 1 aliphatic rings. The molecule has 0 spiro atoms. The Balaban J connectivity index is 1.70. The maximum Gasteiger partial charge on any atom is 0.370 e. The molecule has 5 atom stereocenters. The Morgan fingerprint density at radius 1 is 1.03 bits per heavy atom. The van der Waals surface area contributed by atoms with Crippen LogP contribution < -0.4 is 10.0 Å². The van der Waals surface area contributed by atoms with Crippen LogP contribution in [-0.2, 0) is 24.3 Å². The molecule has 0 aromatic heterocycles. The minimum absolute atomic E-state index is 0.0737. The van der Waals surface area contributed by atoms with Crippen LogP contribution >= 0.6 is 0 Å². The van der Waals surface area contributed by atoms with E-state index in [9.17, 15) is 33.3 Å². The molecular formula is C23H26N2O9S. The van der Waals surface area contributed by atoms with Crippen molar-refractivity contribution in [1.82, 2.24) is 10.0 Å². The fourth-order valence-electron chi connectivity index (χ4n) is 3.59. The lowest BCUT2D eigenvalue weighted by molar-refractivity contribution is -0.147. The monoisotopic (exact) mass is 506 g/mol. The van der Waals surface area contributed by atoms with Crippen LogP contribution in [0, 0.1) is 0 Å². The summed E-state index contributed by atoms with van der Waals surface area (Å²) in [4.78, 5) is 22.7. The summed E-state index contributed by atoms with van der Waals surface area (Å²) in [5.41, 5.74) is 1.71. The molecule has 35 heavy (non-hydrogen) atoms. The third-order valence-corrected chi connectivity index (χ3v) is 6.81. The predicted octanol–water partition coefficient (Wildman–Crippen LogP) is -0.413. The summed E-state index contributed by atoms with van der Waals surface area (Å²) in [5, 5.41) is 42.7. The number of carboxylic acids is 1. The highest BCUT2D eigenvalue weighted by atomic mass is 32.2. The molecule has 6 N–H and O–H groups in total. The second kappa shape index (κ2) is 11.0. The van der Waals surface area contributed by atoms with Crippen molar-refractivity contribution in [2.45, 2.75) is 42.3 Å². The first-order valence-corrected chi connectivity index (χ1v) is 12.1. The van der Waals surface area contributed by atoms with E-state index >= 15 is 0 Å². The van der Waals surface area contributed by atoms with Gasteiger partial charge in [-0.3, -0.25) is 4.79 Å². The van der Waals surface area contributed by atoms with E-state index in [-0.39, 0.29) is 4.90 Å². The quantitative estimate of drug-likeness (QED) is 0.263. The van der Waals surface area contributed by atoms with Crippen LogP contribution in [0.3, 0.4) is 0 Å². The van der Waals surface area contributed by atoms with Gasteiger partial charge in [0.05, 0.1) is 17.0 Å². The molecule has 0 unspecified atom stereocenters. The Bertz CT molecular complexity index is 1180. The van der Waals surface area contributed by atoms with Crippen LogP contribution in [-0.4, -0.2) is 77.7 Å². The van der Waals surface area contributed by atoms with Crippen LogP contribution in [0.4, 0.5) is 0 Å². The second-order valence-electron chi connectivity index (χ2n) is 7.94. The van der Waals surface area contributed by atoms with Crippen LogP contribution in [0.5, 0.6) is 0 Å². The van der Waals surface area contributed by atoms with E-state index < -0.39 is 64.7 Å². The number of aliphatic hydroxyl groups is 3. The van der Waals surface area contributed by atoms with Gasteiger partial charge in [-0.25, -0.2) is 17.9 Å². The van der Waals surface area contributed by atoms with Crippen molar-refractivity contribution in [1.29, 1.82) is 0 Å². The first-order chi connectivity index (χ1) is 16.5. The molecule has 0 aliphatic carbocycles. The van der Waals surface area contributed by atoms with Gasteiger partial charge in [0, 0.05) is 13.5 Å². The lowest BCUT2D eigenvalue weighted by Crippen LogP contribution is -2.60. The average molecular weight is 507 g/mol. The number of ether oxygens (including phenoxy) is 1. The van der Waals surface area contributed by atoms with Gasteiger partial charge in [0.15, 0.2) is 6.10 Å². The number of carbonyl (C=O) groups is 2. The molecule has 0 fully saturated rings. The minimum Gasteiger partial charge on any atom is -0.478 e. The number of carboxylic acid groups (broad SMARTS) is 1. The zero-order valence-corrected chi connectivity index (χ0v) is 19.4. The largest absolute Gasteiger partial charge is 0.478 e. The Labute approximate surface area is 201 Å². The van der Waals surface area contributed by atoms with Gasteiger partial charge in [-0.05, 0) is 29.3 Å².